The molecule has 55 heavy (non-hydrogen) atoms. The third kappa shape index (κ3) is 8.60. The van der Waals surface area contributed by atoms with Crippen LogP contribution in [0.15, 0.2) is 121 Å². The minimum absolute atomic E-state index is 0.0749. The molecule has 2 N–H and O–H groups in total. The van der Waals surface area contributed by atoms with Gasteiger partial charge in [-0.1, -0.05) is 104 Å². The third-order valence-corrected chi connectivity index (χ3v) is 9.99. The first-order chi connectivity index (χ1) is 26.8. The number of urea groups is 1. The van der Waals surface area contributed by atoms with Crippen LogP contribution in [0.3, 0.4) is 0 Å². The van der Waals surface area contributed by atoms with Gasteiger partial charge in [0, 0.05) is 31.7 Å². The molecule has 0 aliphatic carbocycles. The number of amides is 5. The molecule has 2 aliphatic heterocycles. The summed E-state index contributed by atoms with van der Waals surface area (Å²) in [6, 6.07) is 35.3. The van der Waals surface area contributed by atoms with Crippen molar-refractivity contribution >= 4 is 40.4 Å². The highest BCUT2D eigenvalue weighted by atomic mass is 19.1. The number of benzene rings is 5. The Labute approximate surface area is 319 Å². The maximum absolute atomic E-state index is 14.5. The number of rotatable bonds is 12. The van der Waals surface area contributed by atoms with E-state index in [1.54, 1.807) is 44.1 Å². The van der Waals surface area contributed by atoms with Crippen LogP contribution in [0, 0.1) is 5.82 Å². The van der Waals surface area contributed by atoms with E-state index in [0.29, 0.717) is 25.2 Å². The lowest BCUT2D eigenvalue weighted by Gasteiger charge is -2.46. The molecule has 2 atom stereocenters. The van der Waals surface area contributed by atoms with Gasteiger partial charge in [-0.05, 0) is 63.7 Å². The predicted molar refractivity (Wildman–Crippen MR) is 207 cm³/mol. The summed E-state index contributed by atoms with van der Waals surface area (Å²) in [6.45, 7) is 3.06. The van der Waals surface area contributed by atoms with Gasteiger partial charge in [-0.3, -0.25) is 19.9 Å². The predicted octanol–water partition coefficient (Wildman–Crippen LogP) is 6.69. The second kappa shape index (κ2) is 16.8. The molecular weight excluding hydrogens is 700 g/mol. The van der Waals surface area contributed by atoms with Crippen molar-refractivity contribution in [3.8, 4) is 0 Å². The summed E-state index contributed by atoms with van der Waals surface area (Å²) in [5, 5.41) is 11.1. The van der Waals surface area contributed by atoms with Crippen molar-refractivity contribution in [3.63, 3.8) is 0 Å². The summed E-state index contributed by atoms with van der Waals surface area (Å²) in [4.78, 5) is 58.1. The Hall–Kier alpha value is -6.27. The van der Waals surface area contributed by atoms with Crippen LogP contribution in [0.4, 0.5) is 19.7 Å². The summed E-state index contributed by atoms with van der Waals surface area (Å²) in [6.07, 6.45) is -0.339. The molecular formula is C43H43FN6O5. The maximum Gasteiger partial charge on any atom is 0.411 e. The summed E-state index contributed by atoms with van der Waals surface area (Å²) in [7, 11) is 0. The molecule has 282 valence electrons. The fraction of sp³-hybridized carbons (Fsp3) is 0.256. The van der Waals surface area contributed by atoms with Gasteiger partial charge in [0.25, 0.3) is 0 Å². The van der Waals surface area contributed by atoms with E-state index >= 15 is 0 Å². The molecule has 2 aliphatic rings. The molecule has 0 aromatic heterocycles. The van der Waals surface area contributed by atoms with Crippen LogP contribution in [-0.2, 0) is 40.4 Å². The number of nitrogens with zero attached hydrogens (tertiary/aromatic N) is 4. The number of hydrazine groups is 1. The molecule has 0 saturated carbocycles. The Morgan fingerprint density at radius 2 is 1.55 bits per heavy atom. The number of ether oxygens (including phenoxy) is 1. The van der Waals surface area contributed by atoms with Crippen molar-refractivity contribution in [2.75, 3.05) is 25.0 Å². The molecule has 12 heteroatoms. The average Bonchev–Trinajstić information content (AvgIpc) is 3.53. The number of piperazine rings is 1. The van der Waals surface area contributed by atoms with E-state index in [4.69, 9.17) is 4.74 Å². The van der Waals surface area contributed by atoms with Gasteiger partial charge in [0.15, 0.2) is 0 Å². The zero-order valence-electron chi connectivity index (χ0n) is 30.6. The number of nitrogens with one attached hydrogen (secondary N) is 2. The zero-order chi connectivity index (χ0) is 38.3. The van der Waals surface area contributed by atoms with Crippen molar-refractivity contribution in [1.29, 1.82) is 0 Å². The van der Waals surface area contributed by atoms with Crippen LogP contribution >= 0.6 is 0 Å². The van der Waals surface area contributed by atoms with E-state index in [-0.39, 0.29) is 56.3 Å². The number of carbonyl (C=O) groups is 4. The van der Waals surface area contributed by atoms with Crippen molar-refractivity contribution in [2.24, 2.45) is 0 Å². The number of hydrogen-bond donors (Lipinski definition) is 2. The first-order valence-electron chi connectivity index (χ1n) is 18.5. The number of halogens is 1. The van der Waals surface area contributed by atoms with E-state index in [1.807, 2.05) is 91.9 Å². The fourth-order valence-electron chi connectivity index (χ4n) is 7.28. The molecule has 0 radical (unpaired) electrons. The molecule has 0 bridgehead atoms. The molecule has 0 unspecified atom stereocenters. The fourth-order valence-corrected chi connectivity index (χ4v) is 7.28. The molecule has 5 aromatic rings. The topological polar surface area (TPSA) is 115 Å². The summed E-state index contributed by atoms with van der Waals surface area (Å²) in [5.74, 6) is -0.798. The minimum Gasteiger partial charge on any atom is -0.444 e. The lowest BCUT2D eigenvalue weighted by Crippen LogP contribution is -2.66. The first kappa shape index (κ1) is 37.1. The molecule has 2 saturated heterocycles. The minimum atomic E-state index is -0.841. The summed E-state index contributed by atoms with van der Waals surface area (Å²) in [5.41, 5.74) is 3.90. The molecule has 5 aromatic carbocycles. The normalized spacial score (nSPS) is 16.9. The number of carbonyl (C=O) groups excluding carboxylic acids is 4. The van der Waals surface area contributed by atoms with Crippen molar-refractivity contribution in [2.45, 2.75) is 51.7 Å². The van der Waals surface area contributed by atoms with Crippen LogP contribution in [0.1, 0.15) is 35.6 Å². The number of fused-ring (bicyclic) bond motifs is 2. The van der Waals surface area contributed by atoms with Gasteiger partial charge in [-0.2, -0.15) is 5.01 Å². The molecule has 7 rings (SSSR count). The van der Waals surface area contributed by atoms with Gasteiger partial charge < -0.3 is 19.9 Å². The Morgan fingerprint density at radius 1 is 0.836 bits per heavy atom. The van der Waals surface area contributed by atoms with Crippen LogP contribution < -0.4 is 10.6 Å². The van der Waals surface area contributed by atoms with Gasteiger partial charge in [0.05, 0.1) is 13.1 Å². The molecule has 2 heterocycles. The zero-order valence-corrected chi connectivity index (χ0v) is 30.6. The third-order valence-electron chi connectivity index (χ3n) is 9.99. The van der Waals surface area contributed by atoms with Gasteiger partial charge >= 0.3 is 12.1 Å². The molecule has 2 fully saturated rings. The van der Waals surface area contributed by atoms with E-state index in [0.717, 1.165) is 33.0 Å². The number of hydrogen-bond acceptors (Lipinski definition) is 6. The van der Waals surface area contributed by atoms with Crippen LogP contribution in [0.25, 0.3) is 10.8 Å². The average molecular weight is 743 g/mol. The first-order valence-corrected chi connectivity index (χ1v) is 18.5. The van der Waals surface area contributed by atoms with Gasteiger partial charge in [0.2, 0.25) is 11.8 Å². The quantitative estimate of drug-likeness (QED) is 0.147. The lowest BCUT2D eigenvalue weighted by atomic mass is 9.98. The van der Waals surface area contributed by atoms with Crippen molar-refractivity contribution in [3.05, 3.63) is 149 Å². The Morgan fingerprint density at radius 3 is 2.31 bits per heavy atom. The molecule has 5 amide bonds. The van der Waals surface area contributed by atoms with Crippen molar-refractivity contribution < 1.29 is 28.3 Å². The van der Waals surface area contributed by atoms with E-state index < -0.39 is 18.3 Å². The Kier molecular flexibility index (Phi) is 11.3. The standard InChI is InChI=1S/C43H43FN6O5/c1-2-23-48(42(53)45-25-31-15-19-35(44)20-16-31)49-28-40(51)50-38(24-30-17-21-36(22-18-30)46-43(54)55-29-32-9-4-3-5-10-32)41(52)47(27-39(49)50)26-34-13-8-12-33-11-6-7-14-37(33)34/h3-22,38-39H,2,23-29H2,1H3,(H,45,53)(H,46,54)/t38-,39+/m0/s1. The van der Waals surface area contributed by atoms with Crippen LogP contribution in [0.2, 0.25) is 0 Å². The van der Waals surface area contributed by atoms with Crippen molar-refractivity contribution in [1.82, 2.24) is 25.1 Å². The number of anilines is 1. The Balaban J connectivity index is 1.12. The van der Waals surface area contributed by atoms with Gasteiger partial charge in [-0.15, -0.1) is 0 Å². The maximum atomic E-state index is 14.5. The van der Waals surface area contributed by atoms with Crippen LogP contribution in [0.5, 0.6) is 0 Å². The summed E-state index contributed by atoms with van der Waals surface area (Å²) >= 11 is 0. The van der Waals surface area contributed by atoms with E-state index in [2.05, 4.69) is 10.6 Å². The van der Waals surface area contributed by atoms with Crippen LogP contribution in [-0.4, -0.2) is 75.6 Å². The molecule has 11 nitrogen and oxygen atoms in total. The van der Waals surface area contributed by atoms with E-state index in [1.165, 1.54) is 12.1 Å². The smallest absolute Gasteiger partial charge is 0.411 e. The second-order valence-corrected chi connectivity index (χ2v) is 13.7. The molecule has 0 spiro atoms. The second-order valence-electron chi connectivity index (χ2n) is 13.7. The van der Waals surface area contributed by atoms with E-state index in [9.17, 15) is 23.6 Å². The van der Waals surface area contributed by atoms with Gasteiger partial charge in [0.1, 0.15) is 24.6 Å². The highest BCUT2D eigenvalue weighted by Gasteiger charge is 2.52. The Bertz CT molecular complexity index is 2140. The summed E-state index contributed by atoms with van der Waals surface area (Å²) < 4.78 is 18.9. The highest BCUT2D eigenvalue weighted by Crippen LogP contribution is 2.31. The highest BCUT2D eigenvalue weighted by molar-refractivity contribution is 5.92. The monoisotopic (exact) mass is 742 g/mol. The lowest BCUT2D eigenvalue weighted by molar-refractivity contribution is -0.157. The van der Waals surface area contributed by atoms with Gasteiger partial charge in [-0.25, -0.2) is 14.0 Å². The SMILES string of the molecule is CCCN(C(=O)NCc1ccc(F)cc1)N1CC(=O)N2[C@@H](Cc3ccc(NC(=O)OCc4ccccc4)cc3)C(=O)N(Cc3cccc4ccccc34)C[C@@H]21. The largest absolute Gasteiger partial charge is 0.444 e.